The summed E-state index contributed by atoms with van der Waals surface area (Å²) >= 11 is 0.990. The van der Waals surface area contributed by atoms with E-state index in [1.165, 1.54) is 9.80 Å². The van der Waals surface area contributed by atoms with E-state index in [1.807, 2.05) is 0 Å². The average Bonchev–Trinajstić information content (AvgIpc) is 2.27. The summed E-state index contributed by atoms with van der Waals surface area (Å²) in [5, 5.41) is 8.42. The van der Waals surface area contributed by atoms with Gasteiger partial charge in [0.2, 0.25) is 5.91 Å². The number of rotatable bonds is 5. The fraction of sp³-hybridized carbons (Fsp3) is 0.800. The standard InChI is InChI=1S/C10H15F3N2O3S/c11-10(12,13)7-14-1-3-15(4-2-14)8(16)5-19-6-9(17)18/h1-7H2,(H,17,18). The van der Waals surface area contributed by atoms with Crippen molar-refractivity contribution >= 4 is 23.6 Å². The number of aliphatic carboxylic acids is 1. The van der Waals surface area contributed by atoms with Gasteiger partial charge in [-0.15, -0.1) is 11.8 Å². The molecule has 1 fully saturated rings. The van der Waals surface area contributed by atoms with Crippen LogP contribution in [0.3, 0.4) is 0 Å². The van der Waals surface area contributed by atoms with E-state index in [-0.39, 0.29) is 43.6 Å². The van der Waals surface area contributed by atoms with E-state index >= 15 is 0 Å². The van der Waals surface area contributed by atoms with Crippen molar-refractivity contribution in [3.05, 3.63) is 0 Å². The van der Waals surface area contributed by atoms with Gasteiger partial charge in [-0.25, -0.2) is 0 Å². The Kier molecular flexibility index (Phi) is 5.92. The summed E-state index contributed by atoms with van der Waals surface area (Å²) in [5.41, 5.74) is 0. The second-order valence-electron chi connectivity index (χ2n) is 4.16. The molecule has 0 unspecified atom stereocenters. The second kappa shape index (κ2) is 6.99. The lowest BCUT2D eigenvalue weighted by Crippen LogP contribution is -2.51. The topological polar surface area (TPSA) is 60.9 Å². The molecule has 0 aromatic carbocycles. The predicted molar refractivity (Wildman–Crippen MR) is 64.0 cm³/mol. The number of carbonyl (C=O) groups excluding carboxylic acids is 1. The summed E-state index contributed by atoms with van der Waals surface area (Å²) in [6.45, 7) is -0.0718. The maximum absolute atomic E-state index is 12.2. The van der Waals surface area contributed by atoms with Crippen molar-refractivity contribution in [2.75, 3.05) is 44.2 Å². The Morgan fingerprint density at radius 3 is 2.16 bits per heavy atom. The molecule has 1 aliphatic heterocycles. The number of halogens is 3. The van der Waals surface area contributed by atoms with Gasteiger partial charge in [-0.3, -0.25) is 14.5 Å². The van der Waals surface area contributed by atoms with Gasteiger partial charge in [-0.1, -0.05) is 0 Å². The van der Waals surface area contributed by atoms with Gasteiger partial charge >= 0.3 is 12.1 Å². The number of carboxylic acids is 1. The van der Waals surface area contributed by atoms with Crippen molar-refractivity contribution < 1.29 is 27.9 Å². The molecular formula is C10H15F3N2O3S. The molecule has 0 bridgehead atoms. The third kappa shape index (κ3) is 6.67. The number of alkyl halides is 3. The van der Waals surface area contributed by atoms with Crippen LogP contribution in [-0.4, -0.2) is 77.2 Å². The van der Waals surface area contributed by atoms with Gasteiger partial charge in [-0.05, 0) is 0 Å². The van der Waals surface area contributed by atoms with E-state index in [0.717, 1.165) is 11.8 Å². The number of thioether (sulfide) groups is 1. The zero-order chi connectivity index (χ0) is 14.5. The first-order chi connectivity index (χ1) is 8.78. The lowest BCUT2D eigenvalue weighted by molar-refractivity contribution is -0.151. The van der Waals surface area contributed by atoms with Crippen LogP contribution in [0.2, 0.25) is 0 Å². The Morgan fingerprint density at radius 2 is 1.68 bits per heavy atom. The molecule has 1 N–H and O–H groups in total. The molecule has 0 saturated carbocycles. The Balaban J connectivity index is 2.25. The minimum atomic E-state index is -4.22. The van der Waals surface area contributed by atoms with Gasteiger partial charge in [0, 0.05) is 26.2 Å². The molecule has 1 aliphatic rings. The first kappa shape index (κ1) is 16.1. The second-order valence-corrected chi connectivity index (χ2v) is 5.14. The fourth-order valence-electron chi connectivity index (χ4n) is 1.73. The van der Waals surface area contributed by atoms with Crippen molar-refractivity contribution in [1.82, 2.24) is 9.80 Å². The highest BCUT2D eigenvalue weighted by atomic mass is 32.2. The van der Waals surface area contributed by atoms with Crippen LogP contribution in [0.4, 0.5) is 13.2 Å². The maximum atomic E-state index is 12.2. The molecule has 1 rings (SSSR count). The molecule has 0 radical (unpaired) electrons. The molecule has 19 heavy (non-hydrogen) atoms. The molecule has 1 amide bonds. The molecule has 0 aromatic heterocycles. The van der Waals surface area contributed by atoms with E-state index in [4.69, 9.17) is 5.11 Å². The Morgan fingerprint density at radius 1 is 1.11 bits per heavy atom. The minimum Gasteiger partial charge on any atom is -0.481 e. The van der Waals surface area contributed by atoms with Crippen molar-refractivity contribution in [1.29, 1.82) is 0 Å². The third-order valence-corrected chi connectivity index (χ3v) is 3.48. The van der Waals surface area contributed by atoms with Crippen molar-refractivity contribution in [3.8, 4) is 0 Å². The van der Waals surface area contributed by atoms with Gasteiger partial charge in [0.15, 0.2) is 0 Å². The smallest absolute Gasteiger partial charge is 0.401 e. The number of nitrogens with zero attached hydrogens (tertiary/aromatic N) is 2. The van der Waals surface area contributed by atoms with Crippen LogP contribution in [0.15, 0.2) is 0 Å². The molecule has 110 valence electrons. The van der Waals surface area contributed by atoms with E-state index in [1.54, 1.807) is 0 Å². The quantitative estimate of drug-likeness (QED) is 0.802. The first-order valence-electron chi connectivity index (χ1n) is 5.64. The molecule has 0 aromatic rings. The Hall–Kier alpha value is -0.960. The van der Waals surface area contributed by atoms with Gasteiger partial charge in [0.25, 0.3) is 0 Å². The summed E-state index contributed by atoms with van der Waals surface area (Å²) < 4.78 is 36.5. The number of hydrogen-bond donors (Lipinski definition) is 1. The highest BCUT2D eigenvalue weighted by molar-refractivity contribution is 8.00. The molecule has 0 aliphatic carbocycles. The average molecular weight is 300 g/mol. The van der Waals surface area contributed by atoms with E-state index in [9.17, 15) is 22.8 Å². The summed E-state index contributed by atoms with van der Waals surface area (Å²) in [7, 11) is 0. The van der Waals surface area contributed by atoms with Gasteiger partial charge in [0.1, 0.15) is 0 Å². The Labute approximate surface area is 112 Å². The van der Waals surface area contributed by atoms with Gasteiger partial charge < -0.3 is 10.0 Å². The van der Waals surface area contributed by atoms with E-state index in [2.05, 4.69) is 0 Å². The summed E-state index contributed by atoms with van der Waals surface area (Å²) in [4.78, 5) is 24.6. The highest BCUT2D eigenvalue weighted by Gasteiger charge is 2.32. The number of piperazine rings is 1. The molecule has 0 atom stereocenters. The van der Waals surface area contributed by atoms with Crippen LogP contribution in [0.5, 0.6) is 0 Å². The number of hydrogen-bond acceptors (Lipinski definition) is 4. The summed E-state index contributed by atoms with van der Waals surface area (Å²) in [5.74, 6) is -1.32. The third-order valence-electron chi connectivity index (χ3n) is 2.58. The van der Waals surface area contributed by atoms with Crippen LogP contribution in [0, 0.1) is 0 Å². The molecule has 1 heterocycles. The maximum Gasteiger partial charge on any atom is 0.401 e. The lowest BCUT2D eigenvalue weighted by atomic mass is 10.3. The van der Waals surface area contributed by atoms with Crippen LogP contribution >= 0.6 is 11.8 Å². The number of carbonyl (C=O) groups is 2. The van der Waals surface area contributed by atoms with Crippen LogP contribution in [0.1, 0.15) is 0 Å². The predicted octanol–water partition coefficient (Wildman–Crippen LogP) is 0.511. The van der Waals surface area contributed by atoms with Crippen LogP contribution < -0.4 is 0 Å². The monoisotopic (exact) mass is 300 g/mol. The Bertz CT molecular complexity index is 330. The zero-order valence-electron chi connectivity index (χ0n) is 10.2. The SMILES string of the molecule is O=C(O)CSCC(=O)N1CCN(CC(F)(F)F)CC1. The molecular weight excluding hydrogens is 285 g/mol. The highest BCUT2D eigenvalue weighted by Crippen LogP contribution is 2.17. The van der Waals surface area contributed by atoms with Crippen LogP contribution in [-0.2, 0) is 9.59 Å². The van der Waals surface area contributed by atoms with E-state index in [0.29, 0.717) is 0 Å². The fourth-order valence-corrected chi connectivity index (χ4v) is 2.36. The largest absolute Gasteiger partial charge is 0.481 e. The first-order valence-corrected chi connectivity index (χ1v) is 6.80. The van der Waals surface area contributed by atoms with Gasteiger partial charge in [0.05, 0.1) is 18.1 Å². The molecule has 1 saturated heterocycles. The van der Waals surface area contributed by atoms with E-state index < -0.39 is 18.7 Å². The van der Waals surface area contributed by atoms with Crippen molar-refractivity contribution in [3.63, 3.8) is 0 Å². The van der Waals surface area contributed by atoms with Crippen LogP contribution in [0.25, 0.3) is 0 Å². The molecule has 9 heteroatoms. The number of carboxylic acid groups (broad SMARTS) is 1. The summed E-state index contributed by atoms with van der Waals surface area (Å²) in [6, 6.07) is 0. The normalized spacial score (nSPS) is 17.5. The molecule has 0 spiro atoms. The minimum absolute atomic E-state index is 0.0472. The number of amides is 1. The van der Waals surface area contributed by atoms with Crippen molar-refractivity contribution in [2.24, 2.45) is 0 Å². The van der Waals surface area contributed by atoms with Crippen molar-refractivity contribution in [2.45, 2.75) is 6.18 Å². The summed E-state index contributed by atoms with van der Waals surface area (Å²) in [6.07, 6.45) is -4.22. The lowest BCUT2D eigenvalue weighted by Gasteiger charge is -2.34. The zero-order valence-corrected chi connectivity index (χ0v) is 11.0. The molecule has 5 nitrogen and oxygen atoms in total. The van der Waals surface area contributed by atoms with Gasteiger partial charge in [-0.2, -0.15) is 13.2 Å².